The molecule has 0 aliphatic carbocycles. The van der Waals surface area contributed by atoms with E-state index in [-0.39, 0.29) is 34.7 Å². The van der Waals surface area contributed by atoms with Gasteiger partial charge in [0, 0.05) is 13.6 Å². The third-order valence-electron chi connectivity index (χ3n) is 2.42. The summed E-state index contributed by atoms with van der Waals surface area (Å²) in [5, 5.41) is 11.5. The number of benzene rings is 1. The molecule has 0 aromatic heterocycles. The summed E-state index contributed by atoms with van der Waals surface area (Å²) in [4.78, 5) is 11.0. The van der Waals surface area contributed by atoms with Crippen molar-refractivity contribution in [3.05, 3.63) is 23.2 Å². The lowest BCUT2D eigenvalue weighted by molar-refractivity contribution is -0.122. The molecule has 7 nitrogen and oxygen atoms in total. The van der Waals surface area contributed by atoms with E-state index in [0.717, 1.165) is 0 Å². The van der Waals surface area contributed by atoms with Gasteiger partial charge in [0.25, 0.3) is 5.91 Å². The molecule has 0 unspecified atom stereocenters. The summed E-state index contributed by atoms with van der Waals surface area (Å²) in [6.45, 7) is 1.14. The van der Waals surface area contributed by atoms with Crippen molar-refractivity contribution in [3.63, 3.8) is 0 Å². The van der Waals surface area contributed by atoms with Crippen LogP contribution >= 0.6 is 11.6 Å². The van der Waals surface area contributed by atoms with E-state index < -0.39 is 16.1 Å². The number of likely N-dealkylation sites (N-methyl/N-ethyl adjacent to an activating group) is 1. The van der Waals surface area contributed by atoms with E-state index in [1.165, 1.54) is 32.2 Å². The maximum Gasteiger partial charge on any atom is 0.257 e. The molecule has 0 aliphatic rings. The smallest absolute Gasteiger partial charge is 0.257 e. The van der Waals surface area contributed by atoms with Gasteiger partial charge >= 0.3 is 0 Å². The maximum atomic E-state index is 11.9. The number of carbonyl (C=O) groups excluding carboxylic acids is 1. The first-order valence-corrected chi connectivity index (χ1v) is 7.93. The van der Waals surface area contributed by atoms with Crippen molar-refractivity contribution in [1.82, 2.24) is 10.0 Å². The van der Waals surface area contributed by atoms with Gasteiger partial charge in [-0.05, 0) is 25.1 Å². The maximum absolute atomic E-state index is 11.9. The van der Waals surface area contributed by atoms with Gasteiger partial charge in [0.1, 0.15) is 5.75 Å². The Morgan fingerprint density at radius 3 is 2.67 bits per heavy atom. The molecule has 1 aromatic rings. The summed E-state index contributed by atoms with van der Waals surface area (Å²) in [7, 11) is -2.29. The number of nitrogens with one attached hydrogen (secondary N) is 2. The Bertz CT molecular complexity index is 604. The van der Waals surface area contributed by atoms with Crippen LogP contribution in [0.1, 0.15) is 6.92 Å². The van der Waals surface area contributed by atoms with Crippen LogP contribution in [0.4, 0.5) is 0 Å². The molecule has 0 radical (unpaired) electrons. The Kier molecular flexibility index (Phi) is 6.41. The summed E-state index contributed by atoms with van der Waals surface area (Å²) in [6.07, 6.45) is -0.801. The summed E-state index contributed by atoms with van der Waals surface area (Å²) in [6, 6.07) is 3.88. The van der Waals surface area contributed by atoms with Crippen LogP contribution in [0, 0.1) is 0 Å². The predicted octanol–water partition coefficient (Wildman–Crippen LogP) is 0.124. The van der Waals surface area contributed by atoms with Crippen LogP contribution in [-0.2, 0) is 14.8 Å². The summed E-state index contributed by atoms with van der Waals surface area (Å²) in [5.41, 5.74) is 0. The molecule has 1 aromatic carbocycles. The molecule has 21 heavy (non-hydrogen) atoms. The molecular formula is C12H17ClN2O5S. The molecule has 0 aliphatic heterocycles. The number of hydrogen-bond donors (Lipinski definition) is 3. The second-order valence-electron chi connectivity index (χ2n) is 4.25. The summed E-state index contributed by atoms with van der Waals surface area (Å²) in [5.74, 6) is -0.129. The Morgan fingerprint density at radius 2 is 2.14 bits per heavy atom. The van der Waals surface area contributed by atoms with E-state index in [0.29, 0.717) is 0 Å². The minimum Gasteiger partial charge on any atom is -0.482 e. The lowest BCUT2D eigenvalue weighted by atomic mass is 10.3. The fourth-order valence-electron chi connectivity index (χ4n) is 1.29. The van der Waals surface area contributed by atoms with E-state index in [1.54, 1.807) is 0 Å². The third-order valence-corrected chi connectivity index (χ3v) is 4.14. The third kappa shape index (κ3) is 5.50. The lowest BCUT2D eigenvalue weighted by Crippen LogP contribution is -2.30. The highest BCUT2D eigenvalue weighted by Gasteiger charge is 2.16. The molecule has 0 saturated heterocycles. The number of rotatable bonds is 7. The highest BCUT2D eigenvalue weighted by molar-refractivity contribution is 7.89. The quantitative estimate of drug-likeness (QED) is 0.656. The van der Waals surface area contributed by atoms with Gasteiger partial charge in [-0.3, -0.25) is 4.79 Å². The Labute approximate surface area is 128 Å². The number of aliphatic hydroxyl groups excluding tert-OH is 1. The van der Waals surface area contributed by atoms with Crippen LogP contribution < -0.4 is 14.8 Å². The van der Waals surface area contributed by atoms with Crippen molar-refractivity contribution in [2.75, 3.05) is 20.2 Å². The monoisotopic (exact) mass is 336 g/mol. The van der Waals surface area contributed by atoms with E-state index in [1.807, 2.05) is 0 Å². The average molecular weight is 337 g/mol. The minimum atomic E-state index is -3.76. The Morgan fingerprint density at radius 1 is 1.48 bits per heavy atom. The van der Waals surface area contributed by atoms with E-state index in [9.17, 15) is 13.2 Å². The topological polar surface area (TPSA) is 105 Å². The first-order valence-electron chi connectivity index (χ1n) is 6.07. The number of ether oxygens (including phenoxy) is 1. The number of amides is 1. The largest absolute Gasteiger partial charge is 0.482 e. The molecule has 1 atom stereocenters. The van der Waals surface area contributed by atoms with Crippen LogP contribution in [0.3, 0.4) is 0 Å². The minimum absolute atomic E-state index is 0.0551. The molecule has 0 saturated carbocycles. The average Bonchev–Trinajstić information content (AvgIpc) is 2.43. The van der Waals surface area contributed by atoms with Gasteiger partial charge < -0.3 is 15.2 Å². The van der Waals surface area contributed by atoms with Gasteiger partial charge in [0.2, 0.25) is 10.0 Å². The molecule has 1 amide bonds. The molecule has 0 heterocycles. The number of aliphatic hydroxyl groups is 1. The number of hydrogen-bond acceptors (Lipinski definition) is 5. The van der Waals surface area contributed by atoms with E-state index in [4.69, 9.17) is 21.4 Å². The number of carbonyl (C=O) groups is 1. The number of sulfonamides is 1. The van der Waals surface area contributed by atoms with Gasteiger partial charge in [-0.1, -0.05) is 11.6 Å². The Hall–Kier alpha value is -1.35. The van der Waals surface area contributed by atoms with E-state index in [2.05, 4.69) is 10.0 Å². The van der Waals surface area contributed by atoms with Crippen LogP contribution in [0.15, 0.2) is 23.1 Å². The van der Waals surface area contributed by atoms with Crippen LogP contribution in [0.5, 0.6) is 5.75 Å². The van der Waals surface area contributed by atoms with Crippen molar-refractivity contribution >= 4 is 27.5 Å². The molecule has 118 valence electrons. The molecule has 3 N–H and O–H groups in total. The van der Waals surface area contributed by atoms with Gasteiger partial charge in [0.05, 0.1) is 16.0 Å². The second-order valence-corrected chi connectivity index (χ2v) is 6.43. The fourth-order valence-corrected chi connectivity index (χ4v) is 2.74. The van der Waals surface area contributed by atoms with Crippen molar-refractivity contribution in [2.45, 2.75) is 17.9 Å². The molecular weight excluding hydrogens is 320 g/mol. The first-order chi connectivity index (χ1) is 9.76. The lowest BCUT2D eigenvalue weighted by Gasteiger charge is -2.11. The molecule has 9 heteroatoms. The van der Waals surface area contributed by atoms with E-state index >= 15 is 0 Å². The van der Waals surface area contributed by atoms with Crippen molar-refractivity contribution in [1.29, 1.82) is 0 Å². The highest BCUT2D eigenvalue weighted by atomic mass is 35.5. The SMILES string of the molecule is CNC(=O)COc1ccc(S(=O)(=O)NC[C@H](C)O)cc1Cl. The standard InChI is InChI=1S/C12H17ClN2O5S/c1-8(16)6-15-21(18,19)9-3-4-11(10(13)5-9)20-7-12(17)14-2/h3-5,8,15-16H,6-7H2,1-2H3,(H,14,17)/t8-/m0/s1. The Balaban J connectivity index is 2.84. The zero-order chi connectivity index (χ0) is 16.0. The fraction of sp³-hybridized carbons (Fsp3) is 0.417. The molecule has 0 fully saturated rings. The highest BCUT2D eigenvalue weighted by Crippen LogP contribution is 2.27. The van der Waals surface area contributed by atoms with Crippen LogP contribution in [0.2, 0.25) is 5.02 Å². The molecule has 0 spiro atoms. The van der Waals surface area contributed by atoms with Gasteiger partial charge in [-0.25, -0.2) is 13.1 Å². The predicted molar refractivity (Wildman–Crippen MR) is 77.9 cm³/mol. The van der Waals surface area contributed by atoms with Crippen LogP contribution in [0.25, 0.3) is 0 Å². The first kappa shape index (κ1) is 17.7. The summed E-state index contributed by atoms with van der Waals surface area (Å²) < 4.78 is 31.2. The summed E-state index contributed by atoms with van der Waals surface area (Å²) >= 11 is 5.93. The molecule has 0 bridgehead atoms. The zero-order valence-corrected chi connectivity index (χ0v) is 13.2. The van der Waals surface area contributed by atoms with Gasteiger partial charge in [-0.2, -0.15) is 0 Å². The normalized spacial score (nSPS) is 12.8. The second kappa shape index (κ2) is 7.60. The van der Waals surface area contributed by atoms with Crippen molar-refractivity contribution in [3.8, 4) is 5.75 Å². The molecule has 1 rings (SSSR count). The van der Waals surface area contributed by atoms with Gasteiger partial charge in [-0.15, -0.1) is 0 Å². The van der Waals surface area contributed by atoms with Crippen molar-refractivity contribution < 1.29 is 23.1 Å². The van der Waals surface area contributed by atoms with Crippen LogP contribution in [-0.4, -0.2) is 45.7 Å². The van der Waals surface area contributed by atoms with Gasteiger partial charge in [0.15, 0.2) is 6.61 Å². The van der Waals surface area contributed by atoms with Crippen molar-refractivity contribution in [2.24, 2.45) is 0 Å². The number of halogens is 1. The zero-order valence-electron chi connectivity index (χ0n) is 11.6.